The summed E-state index contributed by atoms with van der Waals surface area (Å²) >= 11 is 0. The molecule has 0 aliphatic heterocycles. The molecule has 1 aliphatic rings. The summed E-state index contributed by atoms with van der Waals surface area (Å²) in [5.41, 5.74) is 4.01. The molecule has 4 heteroatoms. The molecule has 0 spiro atoms. The van der Waals surface area contributed by atoms with Crippen LogP contribution in [0.1, 0.15) is 24.1 Å². The van der Waals surface area contributed by atoms with Gasteiger partial charge in [-0.1, -0.05) is 48.5 Å². The van der Waals surface area contributed by atoms with Crippen molar-refractivity contribution in [2.75, 3.05) is 0 Å². The number of hydrogen-bond acceptors (Lipinski definition) is 3. The number of rotatable bonds is 3. The van der Waals surface area contributed by atoms with Crippen LogP contribution in [-0.4, -0.2) is 14.5 Å². The zero-order valence-electron chi connectivity index (χ0n) is 16.3. The molecule has 2 aromatic carbocycles. The topological polar surface area (TPSA) is 47.8 Å². The van der Waals surface area contributed by atoms with Crippen molar-refractivity contribution < 1.29 is 0 Å². The highest BCUT2D eigenvalue weighted by Crippen LogP contribution is 2.50. The third-order valence-corrected chi connectivity index (χ3v) is 6.05. The second kappa shape index (κ2) is 6.63. The quantitative estimate of drug-likeness (QED) is 0.418. The summed E-state index contributed by atoms with van der Waals surface area (Å²) in [6.45, 7) is 0. The maximum absolute atomic E-state index is 13.5. The molecule has 144 valence electrons. The van der Waals surface area contributed by atoms with E-state index in [0.29, 0.717) is 0 Å². The monoisotopic (exact) mass is 389 g/mol. The highest BCUT2D eigenvalue weighted by molar-refractivity contribution is 5.95. The fourth-order valence-corrected chi connectivity index (χ4v) is 4.42. The summed E-state index contributed by atoms with van der Waals surface area (Å²) in [5.74, 6) is 0.273. The molecule has 0 N–H and O–H groups in total. The summed E-state index contributed by atoms with van der Waals surface area (Å²) in [6, 6.07) is 24.5. The maximum Gasteiger partial charge on any atom is 0.259 e. The Morgan fingerprint density at radius 1 is 0.867 bits per heavy atom. The van der Waals surface area contributed by atoms with Gasteiger partial charge in [0.1, 0.15) is 0 Å². The lowest BCUT2D eigenvalue weighted by molar-refractivity contribution is 0.688. The minimum atomic E-state index is 0.0558. The minimum Gasteiger partial charge on any atom is -0.311 e. The van der Waals surface area contributed by atoms with Gasteiger partial charge in [-0.05, 0) is 41.6 Å². The van der Waals surface area contributed by atoms with E-state index in [-0.39, 0.29) is 17.5 Å². The lowest BCUT2D eigenvalue weighted by atomic mass is 10.0. The van der Waals surface area contributed by atoms with Crippen molar-refractivity contribution in [1.82, 2.24) is 14.5 Å². The average molecular weight is 389 g/mol. The van der Waals surface area contributed by atoms with Gasteiger partial charge in [-0.15, -0.1) is 0 Å². The van der Waals surface area contributed by atoms with E-state index in [1.54, 1.807) is 6.20 Å². The van der Waals surface area contributed by atoms with E-state index in [1.807, 2.05) is 71.6 Å². The van der Waals surface area contributed by atoms with Gasteiger partial charge in [-0.2, -0.15) is 0 Å². The SMILES string of the molecule is O=c1c2c(-c3cccnc3)cccc2ccn1[C@@H]1C[C@H]1c1ccc2ccccc2n1. The molecular formula is C26H19N3O. The van der Waals surface area contributed by atoms with E-state index >= 15 is 0 Å². The first-order valence-electron chi connectivity index (χ1n) is 10.2. The molecule has 0 unspecified atom stereocenters. The number of fused-ring (bicyclic) bond motifs is 2. The van der Waals surface area contributed by atoms with Crippen LogP contribution >= 0.6 is 0 Å². The van der Waals surface area contributed by atoms with Crippen molar-refractivity contribution in [1.29, 1.82) is 0 Å². The lowest BCUT2D eigenvalue weighted by Gasteiger charge is -2.11. The number of benzene rings is 2. The molecule has 1 aliphatic carbocycles. The predicted octanol–water partition coefficient (Wildman–Crippen LogP) is 5.34. The highest BCUT2D eigenvalue weighted by atomic mass is 16.1. The van der Waals surface area contributed by atoms with Crippen molar-refractivity contribution in [2.45, 2.75) is 18.4 Å². The van der Waals surface area contributed by atoms with Crippen molar-refractivity contribution in [2.24, 2.45) is 0 Å². The Morgan fingerprint density at radius 3 is 2.67 bits per heavy atom. The van der Waals surface area contributed by atoms with E-state index < -0.39 is 0 Å². The van der Waals surface area contributed by atoms with E-state index in [2.05, 4.69) is 23.2 Å². The van der Waals surface area contributed by atoms with Crippen LogP contribution < -0.4 is 5.56 Å². The molecule has 0 radical (unpaired) electrons. The van der Waals surface area contributed by atoms with Gasteiger partial charge < -0.3 is 4.57 Å². The first-order valence-corrected chi connectivity index (χ1v) is 10.2. The van der Waals surface area contributed by atoms with Gasteiger partial charge in [0.15, 0.2) is 0 Å². The van der Waals surface area contributed by atoms with E-state index in [9.17, 15) is 4.79 Å². The molecule has 30 heavy (non-hydrogen) atoms. The van der Waals surface area contributed by atoms with E-state index in [1.165, 1.54) is 0 Å². The Bertz CT molecular complexity index is 1460. The van der Waals surface area contributed by atoms with Crippen LogP contribution in [0.5, 0.6) is 0 Å². The van der Waals surface area contributed by atoms with Crippen LogP contribution in [0.25, 0.3) is 32.8 Å². The third kappa shape index (κ3) is 2.72. The fourth-order valence-electron chi connectivity index (χ4n) is 4.42. The van der Waals surface area contributed by atoms with Gasteiger partial charge >= 0.3 is 0 Å². The number of aromatic nitrogens is 3. The van der Waals surface area contributed by atoms with Crippen molar-refractivity contribution in [3.05, 3.63) is 107 Å². The number of nitrogens with zero attached hydrogens (tertiary/aromatic N) is 3. The van der Waals surface area contributed by atoms with E-state index in [0.717, 1.165) is 44.9 Å². The Labute approximate surface area is 173 Å². The van der Waals surface area contributed by atoms with Gasteiger partial charge in [0.25, 0.3) is 5.56 Å². The largest absolute Gasteiger partial charge is 0.311 e. The Morgan fingerprint density at radius 2 is 1.77 bits per heavy atom. The zero-order chi connectivity index (χ0) is 20.1. The van der Waals surface area contributed by atoms with Gasteiger partial charge in [-0.25, -0.2) is 0 Å². The molecule has 6 rings (SSSR count). The molecule has 1 saturated carbocycles. The second-order valence-electron chi connectivity index (χ2n) is 7.88. The number of hydrogen-bond donors (Lipinski definition) is 0. The summed E-state index contributed by atoms with van der Waals surface area (Å²) < 4.78 is 1.89. The predicted molar refractivity (Wildman–Crippen MR) is 120 cm³/mol. The van der Waals surface area contributed by atoms with Crippen LogP contribution in [0, 0.1) is 0 Å². The van der Waals surface area contributed by atoms with Gasteiger partial charge in [-0.3, -0.25) is 14.8 Å². The molecule has 4 nitrogen and oxygen atoms in total. The molecular weight excluding hydrogens is 370 g/mol. The van der Waals surface area contributed by atoms with Crippen molar-refractivity contribution in [3.8, 4) is 11.1 Å². The van der Waals surface area contributed by atoms with Crippen LogP contribution in [0.3, 0.4) is 0 Å². The van der Waals surface area contributed by atoms with Crippen LogP contribution in [-0.2, 0) is 0 Å². The first kappa shape index (κ1) is 17.1. The molecule has 3 aromatic heterocycles. The minimum absolute atomic E-state index is 0.0558. The maximum atomic E-state index is 13.5. The van der Waals surface area contributed by atoms with Crippen molar-refractivity contribution >= 4 is 21.7 Å². The first-order chi connectivity index (χ1) is 14.8. The summed E-state index contributed by atoms with van der Waals surface area (Å²) in [7, 11) is 0. The smallest absolute Gasteiger partial charge is 0.259 e. The Balaban J connectivity index is 1.43. The van der Waals surface area contributed by atoms with Crippen LogP contribution in [0.2, 0.25) is 0 Å². The summed E-state index contributed by atoms with van der Waals surface area (Å²) in [6.07, 6.45) is 6.43. The second-order valence-corrected chi connectivity index (χ2v) is 7.88. The van der Waals surface area contributed by atoms with Gasteiger partial charge in [0, 0.05) is 47.2 Å². The Kier molecular flexibility index (Phi) is 3.78. The number of pyridine rings is 3. The lowest BCUT2D eigenvalue weighted by Crippen LogP contribution is -2.19. The Hall–Kier alpha value is -3.79. The molecule has 2 atom stereocenters. The fraction of sp³-hybridized carbons (Fsp3) is 0.115. The molecule has 0 amide bonds. The van der Waals surface area contributed by atoms with Crippen LogP contribution in [0.4, 0.5) is 0 Å². The van der Waals surface area contributed by atoms with Gasteiger partial charge in [0.2, 0.25) is 0 Å². The summed E-state index contributed by atoms with van der Waals surface area (Å²) in [5, 5.41) is 2.85. The molecule has 0 bridgehead atoms. The highest BCUT2D eigenvalue weighted by Gasteiger charge is 2.41. The molecule has 1 fully saturated rings. The standard InChI is InChI=1S/C26H19N3O/c30-26-25-18(6-3-8-20(25)19-7-4-13-27-16-19)12-14-29(26)24-15-21(24)23-11-10-17-5-1-2-9-22(17)28-23/h1-14,16,21,24H,15H2/t21-,24+/m0/s1. The zero-order valence-corrected chi connectivity index (χ0v) is 16.3. The van der Waals surface area contributed by atoms with Crippen LogP contribution in [0.15, 0.2) is 96.2 Å². The van der Waals surface area contributed by atoms with Crippen molar-refractivity contribution in [3.63, 3.8) is 0 Å². The normalized spacial score (nSPS) is 18.0. The van der Waals surface area contributed by atoms with E-state index in [4.69, 9.17) is 4.98 Å². The third-order valence-electron chi connectivity index (χ3n) is 6.05. The molecule has 3 heterocycles. The molecule has 5 aromatic rings. The molecule has 0 saturated heterocycles. The number of para-hydroxylation sites is 1. The van der Waals surface area contributed by atoms with Gasteiger partial charge in [0.05, 0.1) is 10.9 Å². The average Bonchev–Trinajstić information content (AvgIpc) is 3.60. The summed E-state index contributed by atoms with van der Waals surface area (Å²) in [4.78, 5) is 22.6.